The predicted molar refractivity (Wildman–Crippen MR) is 39.8 cm³/mol. The molecule has 67 valence electrons. The minimum Gasteiger partial charge on any atom is -0.483 e. The predicted octanol–water partition coefficient (Wildman–Crippen LogP) is 0.187. The average molecular weight is 247 g/mol. The minimum absolute atomic E-state index is 0. The van der Waals surface area contributed by atoms with Gasteiger partial charge >= 0.3 is 0 Å². The zero-order chi connectivity index (χ0) is 8.85. The molecule has 0 bridgehead atoms. The molecule has 0 rings (SSSR count). The Morgan fingerprint density at radius 2 is 2.00 bits per heavy atom. The van der Waals surface area contributed by atoms with Crippen LogP contribution in [0.4, 0.5) is 0 Å². The Morgan fingerprint density at radius 1 is 1.50 bits per heavy atom. The van der Waals surface area contributed by atoms with Gasteiger partial charge in [-0.15, -0.1) is 0 Å². The van der Waals surface area contributed by atoms with Gasteiger partial charge in [0.15, 0.2) is 0 Å². The molecule has 0 aliphatic carbocycles. The van der Waals surface area contributed by atoms with Crippen molar-refractivity contribution in [3.05, 3.63) is 6.42 Å². The summed E-state index contributed by atoms with van der Waals surface area (Å²) in [4.78, 5) is 20.7. The van der Waals surface area contributed by atoms with Crippen molar-refractivity contribution in [2.75, 3.05) is 0 Å². The van der Waals surface area contributed by atoms with Crippen LogP contribution in [0.15, 0.2) is 0 Å². The van der Waals surface area contributed by atoms with Gasteiger partial charge in [0, 0.05) is 38.8 Å². The van der Waals surface area contributed by atoms with E-state index in [9.17, 15) is 9.59 Å². The fraction of sp³-hybridized carbons (Fsp3) is 0.571. The van der Waals surface area contributed by atoms with Gasteiger partial charge in [0.25, 0.3) is 5.97 Å². The van der Waals surface area contributed by atoms with Crippen LogP contribution in [0.2, 0.25) is 0 Å². The van der Waals surface area contributed by atoms with Crippen LogP contribution in [-0.4, -0.2) is 23.0 Å². The van der Waals surface area contributed by atoms with Crippen molar-refractivity contribution in [2.24, 2.45) is 0 Å². The Morgan fingerprint density at radius 3 is 2.33 bits per heavy atom. The smallest absolute Gasteiger partial charge is 0.275 e. The normalized spacial score (nSPS) is 8.58. The molecule has 0 atom stereocenters. The van der Waals surface area contributed by atoms with Gasteiger partial charge in [-0.1, -0.05) is 6.42 Å². The summed E-state index contributed by atoms with van der Waals surface area (Å²) in [6.45, 7) is 3.62. The van der Waals surface area contributed by atoms with Crippen LogP contribution in [0.5, 0.6) is 0 Å². The largest absolute Gasteiger partial charge is 0.483 e. The van der Waals surface area contributed by atoms with Gasteiger partial charge in [-0.3, -0.25) is 11.2 Å². The summed E-state index contributed by atoms with van der Waals surface area (Å²) < 4.78 is 0. The van der Waals surface area contributed by atoms with E-state index in [0.717, 1.165) is 6.42 Å². The average Bonchev–Trinajstić information content (AvgIpc) is 1.82. The first-order chi connectivity index (χ1) is 5.02. The molecule has 1 radical (unpaired) electrons. The van der Waals surface area contributed by atoms with E-state index in [2.05, 4.69) is 5.32 Å². The third kappa shape index (κ3) is 9.91. The van der Waals surface area contributed by atoms with Crippen molar-refractivity contribution in [2.45, 2.75) is 26.3 Å². The Balaban J connectivity index is 0. The number of carboxylic acid groups (broad SMARTS) is 1. The van der Waals surface area contributed by atoms with Gasteiger partial charge in [-0.25, -0.2) is 0 Å². The van der Waals surface area contributed by atoms with Crippen LogP contribution < -0.4 is 5.32 Å². The van der Waals surface area contributed by atoms with Gasteiger partial charge in [-0.05, 0) is 13.8 Å². The Hall–Kier alpha value is -0.0861. The zero-order valence-electron chi connectivity index (χ0n) is 7.20. The molecule has 0 fully saturated rings. The van der Waals surface area contributed by atoms with Crippen molar-refractivity contribution in [3.63, 3.8) is 0 Å². The molecule has 0 aromatic carbocycles. The summed E-state index contributed by atoms with van der Waals surface area (Å²) in [7, 11) is 0. The maximum absolute atomic E-state index is 10.7. The standard InChI is InChI=1S/C7H12NO3.Y/c1-5(2)8-6(9)3-4-7(10)11;/h3,5H,4H2,1-2H3,(H,8,9)(H,10,11);/q-1;. The maximum Gasteiger partial charge on any atom is 0.275 e. The van der Waals surface area contributed by atoms with E-state index in [1.165, 1.54) is 0 Å². The molecule has 2 N–H and O–H groups in total. The van der Waals surface area contributed by atoms with E-state index in [4.69, 9.17) is 5.11 Å². The second kappa shape index (κ2) is 7.56. The number of nitrogens with one attached hydrogen (secondary N) is 1. The molecular formula is C7H12NO3Y-. The maximum atomic E-state index is 10.7. The summed E-state index contributed by atoms with van der Waals surface area (Å²) in [6, 6.07) is 0.0487. The van der Waals surface area contributed by atoms with Gasteiger partial charge in [0.05, 0.1) is 5.91 Å². The molecule has 0 saturated heterocycles. The number of rotatable bonds is 4. The third-order valence-electron chi connectivity index (χ3n) is 0.893. The SMILES string of the molecule is CC(C)NC(=O)[CH-]CC(=O)O.[Y]. The molecular weight excluding hydrogens is 235 g/mol. The topological polar surface area (TPSA) is 66.4 Å². The second-order valence-corrected chi connectivity index (χ2v) is 2.47. The first-order valence-electron chi connectivity index (χ1n) is 3.38. The Kier molecular flexibility index (Phi) is 9.09. The summed E-state index contributed by atoms with van der Waals surface area (Å²) >= 11 is 0. The van der Waals surface area contributed by atoms with Crippen LogP contribution in [0.1, 0.15) is 20.3 Å². The molecule has 0 saturated carbocycles. The van der Waals surface area contributed by atoms with E-state index in [1.807, 2.05) is 13.8 Å². The van der Waals surface area contributed by atoms with Gasteiger partial charge in [0.2, 0.25) is 0 Å². The molecule has 12 heavy (non-hydrogen) atoms. The fourth-order valence-electron chi connectivity index (χ4n) is 0.523. The fourth-order valence-corrected chi connectivity index (χ4v) is 0.523. The van der Waals surface area contributed by atoms with Crippen LogP contribution in [0.25, 0.3) is 0 Å². The van der Waals surface area contributed by atoms with E-state index < -0.39 is 5.97 Å². The molecule has 0 aromatic heterocycles. The number of carboxylic acids is 1. The number of carbonyl (C=O) groups is 2. The summed E-state index contributed by atoms with van der Waals surface area (Å²) in [5.74, 6) is -1.33. The first kappa shape index (κ1) is 14.4. The molecule has 4 nitrogen and oxygen atoms in total. The number of carbonyl (C=O) groups excluding carboxylic acids is 1. The molecule has 0 heterocycles. The van der Waals surface area contributed by atoms with Crippen molar-refractivity contribution in [3.8, 4) is 0 Å². The van der Waals surface area contributed by atoms with E-state index >= 15 is 0 Å². The van der Waals surface area contributed by atoms with Crippen molar-refractivity contribution in [1.29, 1.82) is 0 Å². The third-order valence-corrected chi connectivity index (χ3v) is 0.893. The first-order valence-corrected chi connectivity index (χ1v) is 3.38. The van der Waals surface area contributed by atoms with Gasteiger partial charge in [-0.2, -0.15) is 0 Å². The molecule has 0 unspecified atom stereocenters. The Labute approximate surface area is 97.0 Å². The number of amides is 1. The monoisotopic (exact) mass is 247 g/mol. The number of hydrogen-bond acceptors (Lipinski definition) is 2. The number of hydrogen-bond donors (Lipinski definition) is 2. The minimum atomic E-state index is -0.996. The van der Waals surface area contributed by atoms with Gasteiger partial charge < -0.3 is 15.2 Å². The zero-order valence-corrected chi connectivity index (χ0v) is 10.0. The Bertz CT molecular complexity index is 159. The van der Waals surface area contributed by atoms with E-state index in [-0.39, 0.29) is 51.1 Å². The van der Waals surface area contributed by atoms with Crippen LogP contribution in [-0.2, 0) is 42.3 Å². The van der Waals surface area contributed by atoms with Crippen molar-refractivity contribution < 1.29 is 47.4 Å². The van der Waals surface area contributed by atoms with Crippen LogP contribution in [0, 0.1) is 6.42 Å². The molecule has 5 heteroatoms. The molecule has 0 aliphatic rings. The summed E-state index contributed by atoms with van der Waals surface area (Å²) in [5, 5.41) is 10.7. The molecule has 0 aromatic rings. The van der Waals surface area contributed by atoms with E-state index in [0.29, 0.717) is 0 Å². The van der Waals surface area contributed by atoms with Crippen molar-refractivity contribution in [1.82, 2.24) is 5.32 Å². The summed E-state index contributed by atoms with van der Waals surface area (Å²) in [6.07, 6.45) is 0.890. The summed E-state index contributed by atoms with van der Waals surface area (Å²) in [5.41, 5.74) is 0. The van der Waals surface area contributed by atoms with Crippen LogP contribution in [0.3, 0.4) is 0 Å². The van der Waals surface area contributed by atoms with Crippen LogP contribution >= 0.6 is 0 Å². The van der Waals surface area contributed by atoms with Gasteiger partial charge in [0.1, 0.15) is 0 Å². The van der Waals surface area contributed by atoms with E-state index in [1.54, 1.807) is 0 Å². The molecule has 0 spiro atoms. The van der Waals surface area contributed by atoms with Crippen molar-refractivity contribution >= 4 is 11.9 Å². The second-order valence-electron chi connectivity index (χ2n) is 2.47. The molecule has 0 aliphatic heterocycles. The quantitative estimate of drug-likeness (QED) is 0.697. The molecule has 1 amide bonds. The number of aliphatic carboxylic acids is 1.